The second kappa shape index (κ2) is 6.99. The zero-order chi connectivity index (χ0) is 17.1. The molecule has 1 aliphatic heterocycles. The Morgan fingerprint density at radius 3 is 2.00 bits per heavy atom. The number of anilines is 3. The van der Waals surface area contributed by atoms with Crippen LogP contribution in [0.4, 0.5) is 17.1 Å². The third kappa shape index (κ3) is 3.11. The van der Waals surface area contributed by atoms with Gasteiger partial charge in [-0.05, 0) is 54.8 Å². The molecular formula is C22H21NO2. The minimum atomic E-state index is 0.798. The van der Waals surface area contributed by atoms with Crippen molar-refractivity contribution in [1.82, 2.24) is 0 Å². The molecule has 0 saturated carbocycles. The maximum absolute atomic E-state index is 6.06. The molecule has 0 fully saturated rings. The Kier molecular flexibility index (Phi) is 4.40. The Hall–Kier alpha value is -2.78. The fourth-order valence-corrected chi connectivity index (χ4v) is 3.22. The average molecular weight is 331 g/mol. The van der Waals surface area contributed by atoms with Crippen molar-refractivity contribution in [3.05, 3.63) is 78.4 Å². The van der Waals surface area contributed by atoms with Crippen molar-refractivity contribution in [2.45, 2.75) is 12.8 Å². The molecule has 3 heteroatoms. The van der Waals surface area contributed by atoms with E-state index in [1.165, 1.54) is 5.56 Å². The van der Waals surface area contributed by atoms with Crippen LogP contribution >= 0.6 is 0 Å². The van der Waals surface area contributed by atoms with Crippen molar-refractivity contribution in [3.8, 4) is 11.5 Å². The Morgan fingerprint density at radius 2 is 1.40 bits per heavy atom. The van der Waals surface area contributed by atoms with Crippen molar-refractivity contribution in [3.63, 3.8) is 0 Å². The molecule has 3 aromatic rings. The number of methoxy groups -OCH3 is 1. The quantitative estimate of drug-likeness (QED) is 0.429. The fourth-order valence-electron chi connectivity index (χ4n) is 3.22. The molecule has 0 bridgehead atoms. The highest BCUT2D eigenvalue weighted by atomic mass is 16.5. The summed E-state index contributed by atoms with van der Waals surface area (Å²) in [4.78, 5) is 2.26. The molecule has 1 aliphatic rings. The van der Waals surface area contributed by atoms with Gasteiger partial charge in [-0.1, -0.05) is 36.4 Å². The van der Waals surface area contributed by atoms with Crippen LogP contribution in [-0.2, 0) is 11.2 Å². The molecular weight excluding hydrogens is 310 g/mol. The number of nitrogens with zero attached hydrogens (tertiary/aromatic N) is 1. The third-order valence-corrected chi connectivity index (χ3v) is 4.44. The van der Waals surface area contributed by atoms with Gasteiger partial charge in [-0.2, -0.15) is 0 Å². The summed E-state index contributed by atoms with van der Waals surface area (Å²) in [7, 11) is 1.75. The van der Waals surface area contributed by atoms with E-state index in [1.54, 1.807) is 7.11 Å². The first kappa shape index (κ1) is 15.7. The summed E-state index contributed by atoms with van der Waals surface area (Å²) in [6.45, 7) is 0.798. The van der Waals surface area contributed by atoms with E-state index in [-0.39, 0.29) is 0 Å². The van der Waals surface area contributed by atoms with E-state index >= 15 is 0 Å². The van der Waals surface area contributed by atoms with Gasteiger partial charge in [0.2, 0.25) is 0 Å². The van der Waals surface area contributed by atoms with E-state index in [9.17, 15) is 0 Å². The SMILES string of the molecule is COCCCc1ccc(N2c3ccccc3Oc3ccccc32)cc1. The Morgan fingerprint density at radius 1 is 0.800 bits per heavy atom. The van der Waals surface area contributed by atoms with E-state index in [4.69, 9.17) is 9.47 Å². The number of benzene rings is 3. The number of fused-ring (bicyclic) bond motifs is 2. The lowest BCUT2D eigenvalue weighted by Crippen LogP contribution is -2.15. The summed E-state index contributed by atoms with van der Waals surface area (Å²) >= 11 is 0. The number of rotatable bonds is 5. The highest BCUT2D eigenvalue weighted by molar-refractivity contribution is 5.86. The molecule has 3 aromatic carbocycles. The molecule has 25 heavy (non-hydrogen) atoms. The number of para-hydroxylation sites is 4. The lowest BCUT2D eigenvalue weighted by Gasteiger charge is -2.32. The van der Waals surface area contributed by atoms with Crippen molar-refractivity contribution in [2.75, 3.05) is 18.6 Å². The van der Waals surface area contributed by atoms with E-state index < -0.39 is 0 Å². The van der Waals surface area contributed by atoms with E-state index in [0.29, 0.717) is 0 Å². The fraction of sp³-hybridized carbons (Fsp3) is 0.182. The molecule has 0 atom stereocenters. The number of hydrogen-bond acceptors (Lipinski definition) is 3. The molecule has 0 amide bonds. The third-order valence-electron chi connectivity index (χ3n) is 4.44. The van der Waals surface area contributed by atoms with Gasteiger partial charge in [0.05, 0.1) is 11.4 Å². The predicted molar refractivity (Wildman–Crippen MR) is 101 cm³/mol. The van der Waals surface area contributed by atoms with Crippen LogP contribution in [-0.4, -0.2) is 13.7 Å². The largest absolute Gasteiger partial charge is 0.453 e. The van der Waals surface area contributed by atoms with Gasteiger partial charge < -0.3 is 14.4 Å². The summed E-state index contributed by atoms with van der Waals surface area (Å²) in [6.07, 6.45) is 2.07. The van der Waals surface area contributed by atoms with Gasteiger partial charge >= 0.3 is 0 Å². The maximum Gasteiger partial charge on any atom is 0.151 e. The zero-order valence-electron chi connectivity index (χ0n) is 14.3. The van der Waals surface area contributed by atoms with Gasteiger partial charge in [0.1, 0.15) is 0 Å². The van der Waals surface area contributed by atoms with Crippen LogP contribution in [0.5, 0.6) is 11.5 Å². The first-order valence-electron chi connectivity index (χ1n) is 8.61. The molecule has 4 rings (SSSR count). The molecule has 0 spiro atoms. The highest BCUT2D eigenvalue weighted by Crippen LogP contribution is 2.49. The van der Waals surface area contributed by atoms with Crippen molar-refractivity contribution < 1.29 is 9.47 Å². The summed E-state index contributed by atoms with van der Waals surface area (Å²) < 4.78 is 11.2. The summed E-state index contributed by atoms with van der Waals surface area (Å²) in [5, 5.41) is 0. The lowest BCUT2D eigenvalue weighted by molar-refractivity contribution is 0.195. The number of hydrogen-bond donors (Lipinski definition) is 0. The zero-order valence-corrected chi connectivity index (χ0v) is 14.3. The van der Waals surface area contributed by atoms with Gasteiger partial charge in [-0.25, -0.2) is 0 Å². The van der Waals surface area contributed by atoms with E-state index in [2.05, 4.69) is 41.3 Å². The maximum atomic E-state index is 6.06. The normalized spacial score (nSPS) is 12.3. The smallest absolute Gasteiger partial charge is 0.151 e. The van der Waals surface area contributed by atoms with Crippen LogP contribution in [0.3, 0.4) is 0 Å². The molecule has 126 valence electrons. The number of ether oxygens (including phenoxy) is 2. The molecule has 0 radical (unpaired) electrons. The van der Waals surface area contributed by atoms with Gasteiger partial charge in [-0.3, -0.25) is 0 Å². The van der Waals surface area contributed by atoms with Crippen LogP contribution in [0.25, 0.3) is 0 Å². The van der Waals surface area contributed by atoms with E-state index in [0.717, 1.165) is 48.0 Å². The van der Waals surface area contributed by atoms with Gasteiger partial charge in [0.15, 0.2) is 11.5 Å². The topological polar surface area (TPSA) is 21.7 Å². The molecule has 1 heterocycles. The second-order valence-electron chi connectivity index (χ2n) is 6.14. The van der Waals surface area contributed by atoms with Crippen LogP contribution in [0.2, 0.25) is 0 Å². The molecule has 0 unspecified atom stereocenters. The number of aryl methyl sites for hydroxylation is 1. The Balaban J connectivity index is 1.70. The molecule has 0 aliphatic carbocycles. The van der Waals surface area contributed by atoms with Crippen LogP contribution in [0, 0.1) is 0 Å². The molecule has 3 nitrogen and oxygen atoms in total. The predicted octanol–water partition coefficient (Wildman–Crippen LogP) is 5.84. The lowest BCUT2D eigenvalue weighted by atomic mass is 10.1. The summed E-state index contributed by atoms with van der Waals surface area (Å²) in [5.41, 5.74) is 4.59. The Labute approximate surface area is 148 Å². The van der Waals surface area contributed by atoms with Gasteiger partial charge in [0, 0.05) is 19.4 Å². The minimum absolute atomic E-state index is 0.798. The monoisotopic (exact) mass is 331 g/mol. The van der Waals surface area contributed by atoms with Crippen LogP contribution < -0.4 is 9.64 Å². The average Bonchev–Trinajstić information content (AvgIpc) is 2.67. The molecule has 0 N–H and O–H groups in total. The first-order valence-corrected chi connectivity index (χ1v) is 8.61. The van der Waals surface area contributed by atoms with Crippen molar-refractivity contribution in [1.29, 1.82) is 0 Å². The first-order chi connectivity index (χ1) is 12.4. The molecule has 0 aromatic heterocycles. The second-order valence-corrected chi connectivity index (χ2v) is 6.14. The molecule has 0 saturated heterocycles. The minimum Gasteiger partial charge on any atom is -0.453 e. The van der Waals surface area contributed by atoms with Crippen molar-refractivity contribution in [2.24, 2.45) is 0 Å². The van der Waals surface area contributed by atoms with Crippen LogP contribution in [0.15, 0.2) is 72.8 Å². The highest BCUT2D eigenvalue weighted by Gasteiger charge is 2.24. The van der Waals surface area contributed by atoms with Crippen molar-refractivity contribution >= 4 is 17.1 Å². The summed E-state index contributed by atoms with van der Waals surface area (Å²) in [5.74, 6) is 1.76. The summed E-state index contributed by atoms with van der Waals surface area (Å²) in [6, 6.07) is 25.1. The Bertz CT molecular complexity index is 812. The van der Waals surface area contributed by atoms with Crippen LogP contribution in [0.1, 0.15) is 12.0 Å². The van der Waals surface area contributed by atoms with E-state index in [1.807, 2.05) is 36.4 Å². The van der Waals surface area contributed by atoms with Gasteiger partial charge in [-0.15, -0.1) is 0 Å². The van der Waals surface area contributed by atoms with Gasteiger partial charge in [0.25, 0.3) is 0 Å². The standard InChI is InChI=1S/C22H21NO2/c1-24-16-6-7-17-12-14-18(15-13-17)23-19-8-2-4-10-21(19)25-22-11-5-3-9-20(22)23/h2-5,8-15H,6-7,16H2,1H3.